The lowest BCUT2D eigenvalue weighted by Crippen LogP contribution is -2.45. The maximum atomic E-state index is 12.5. The van der Waals surface area contributed by atoms with E-state index in [2.05, 4.69) is 14.8 Å². The van der Waals surface area contributed by atoms with E-state index in [1.165, 1.54) is 24.3 Å². The monoisotopic (exact) mass is 387 g/mol. The van der Waals surface area contributed by atoms with Crippen LogP contribution in [-0.2, 0) is 24.8 Å². The van der Waals surface area contributed by atoms with E-state index in [4.69, 9.17) is 0 Å². The van der Waals surface area contributed by atoms with Crippen molar-refractivity contribution in [3.63, 3.8) is 0 Å². The molecule has 1 heterocycles. The lowest BCUT2D eigenvalue weighted by molar-refractivity contribution is -0.122. The van der Waals surface area contributed by atoms with Gasteiger partial charge in [-0.05, 0) is 56.4 Å². The van der Waals surface area contributed by atoms with E-state index < -0.39 is 26.1 Å². The van der Waals surface area contributed by atoms with Gasteiger partial charge in [-0.15, -0.1) is 0 Å². The van der Waals surface area contributed by atoms with Crippen LogP contribution in [0.3, 0.4) is 0 Å². The van der Waals surface area contributed by atoms with Crippen molar-refractivity contribution in [2.45, 2.75) is 54.0 Å². The summed E-state index contributed by atoms with van der Waals surface area (Å²) in [5.41, 5.74) is 0. The van der Waals surface area contributed by atoms with Crippen LogP contribution in [0, 0.1) is 0 Å². The standard InChI is InChI=1S/C15H21N3O5S2/c19-15-14(3-1-2-10-16-15)18-25(22,23)13-8-6-12(7-9-13)24(20,21)17-11-4-5-11/h6-9,11,14,17-18H,1-5,10H2,(H,16,19). The first kappa shape index (κ1) is 18.3. The van der Waals surface area contributed by atoms with Gasteiger partial charge in [0.15, 0.2) is 0 Å². The molecular weight excluding hydrogens is 366 g/mol. The quantitative estimate of drug-likeness (QED) is 0.638. The Morgan fingerprint density at radius 2 is 1.40 bits per heavy atom. The summed E-state index contributed by atoms with van der Waals surface area (Å²) in [5, 5.41) is 2.67. The van der Waals surface area contributed by atoms with Crippen LogP contribution in [0.2, 0.25) is 0 Å². The van der Waals surface area contributed by atoms with Gasteiger partial charge in [0, 0.05) is 12.6 Å². The molecule has 1 unspecified atom stereocenters. The zero-order valence-electron chi connectivity index (χ0n) is 13.6. The molecule has 10 heteroatoms. The van der Waals surface area contributed by atoms with Crippen LogP contribution in [-0.4, -0.2) is 41.4 Å². The van der Waals surface area contributed by atoms with Crippen molar-refractivity contribution >= 4 is 26.0 Å². The second kappa shape index (κ2) is 7.02. The Morgan fingerprint density at radius 1 is 0.840 bits per heavy atom. The topological polar surface area (TPSA) is 121 Å². The Kier molecular flexibility index (Phi) is 5.14. The van der Waals surface area contributed by atoms with Crippen molar-refractivity contribution in [1.29, 1.82) is 0 Å². The summed E-state index contributed by atoms with van der Waals surface area (Å²) < 4.78 is 54.1. The number of sulfonamides is 2. The molecule has 2 aliphatic rings. The van der Waals surface area contributed by atoms with Crippen LogP contribution in [0.25, 0.3) is 0 Å². The number of carbonyl (C=O) groups is 1. The Balaban J connectivity index is 1.74. The molecule has 8 nitrogen and oxygen atoms in total. The molecule has 1 aliphatic carbocycles. The van der Waals surface area contributed by atoms with Gasteiger partial charge >= 0.3 is 0 Å². The molecule has 1 amide bonds. The van der Waals surface area contributed by atoms with Gasteiger partial charge < -0.3 is 5.32 Å². The van der Waals surface area contributed by atoms with E-state index in [0.717, 1.165) is 25.7 Å². The number of nitrogens with one attached hydrogen (secondary N) is 3. The molecule has 1 saturated carbocycles. The molecule has 0 spiro atoms. The minimum atomic E-state index is -3.91. The SMILES string of the molecule is O=C1NCCCCC1NS(=O)(=O)c1ccc(S(=O)(=O)NC2CC2)cc1. The smallest absolute Gasteiger partial charge is 0.241 e. The molecule has 0 bridgehead atoms. The highest BCUT2D eigenvalue weighted by molar-refractivity contribution is 7.90. The first-order chi connectivity index (χ1) is 11.8. The van der Waals surface area contributed by atoms with Crippen LogP contribution >= 0.6 is 0 Å². The van der Waals surface area contributed by atoms with Crippen molar-refractivity contribution in [2.24, 2.45) is 0 Å². The second-order valence-electron chi connectivity index (χ2n) is 6.33. The summed E-state index contributed by atoms with van der Waals surface area (Å²) in [6.45, 7) is 0.539. The number of benzene rings is 1. The number of hydrogen-bond donors (Lipinski definition) is 3. The Labute approximate surface area is 147 Å². The predicted octanol–water partition coefficient (Wildman–Crippen LogP) is 0.0743. The predicted molar refractivity (Wildman–Crippen MR) is 90.8 cm³/mol. The lowest BCUT2D eigenvalue weighted by atomic mass is 10.1. The van der Waals surface area contributed by atoms with Crippen molar-refractivity contribution in [2.75, 3.05) is 6.54 Å². The number of rotatable bonds is 6. The third-order valence-corrected chi connectivity index (χ3v) is 7.20. The number of hydrogen-bond acceptors (Lipinski definition) is 5. The van der Waals surface area contributed by atoms with Gasteiger partial charge in [0.05, 0.1) is 9.79 Å². The summed E-state index contributed by atoms with van der Waals surface area (Å²) in [5.74, 6) is -0.339. The fraction of sp³-hybridized carbons (Fsp3) is 0.533. The van der Waals surface area contributed by atoms with Crippen molar-refractivity contribution < 1.29 is 21.6 Å². The Bertz CT molecular complexity index is 846. The first-order valence-electron chi connectivity index (χ1n) is 8.20. The molecular formula is C15H21N3O5S2. The minimum Gasteiger partial charge on any atom is -0.355 e. The van der Waals surface area contributed by atoms with E-state index in [1.807, 2.05) is 0 Å². The fourth-order valence-corrected chi connectivity index (χ4v) is 5.13. The lowest BCUT2D eigenvalue weighted by Gasteiger charge is -2.15. The van der Waals surface area contributed by atoms with Gasteiger partial charge in [0.2, 0.25) is 26.0 Å². The summed E-state index contributed by atoms with van der Waals surface area (Å²) in [7, 11) is -7.54. The highest BCUT2D eigenvalue weighted by Gasteiger charge is 2.29. The largest absolute Gasteiger partial charge is 0.355 e. The van der Waals surface area contributed by atoms with Crippen LogP contribution in [0.4, 0.5) is 0 Å². The number of amides is 1. The van der Waals surface area contributed by atoms with Crippen LogP contribution in [0.1, 0.15) is 32.1 Å². The summed E-state index contributed by atoms with van der Waals surface area (Å²) in [6.07, 6.45) is 3.63. The maximum absolute atomic E-state index is 12.5. The average Bonchev–Trinajstić information content (AvgIpc) is 3.37. The normalized spacial score (nSPS) is 22.2. The zero-order valence-corrected chi connectivity index (χ0v) is 15.2. The second-order valence-corrected chi connectivity index (χ2v) is 9.76. The molecule has 1 atom stereocenters. The van der Waals surface area contributed by atoms with Crippen molar-refractivity contribution in [1.82, 2.24) is 14.8 Å². The van der Waals surface area contributed by atoms with Gasteiger partial charge in [-0.2, -0.15) is 4.72 Å². The first-order valence-corrected chi connectivity index (χ1v) is 11.2. The Morgan fingerprint density at radius 3 is 1.96 bits per heavy atom. The van der Waals surface area contributed by atoms with Gasteiger partial charge in [-0.25, -0.2) is 21.6 Å². The number of carbonyl (C=O) groups excluding carboxylic acids is 1. The van der Waals surface area contributed by atoms with Crippen molar-refractivity contribution in [3.05, 3.63) is 24.3 Å². The molecule has 2 fully saturated rings. The zero-order chi connectivity index (χ0) is 18.1. The molecule has 1 aliphatic heterocycles. The fourth-order valence-electron chi connectivity index (χ4n) is 2.59. The average molecular weight is 387 g/mol. The molecule has 138 valence electrons. The summed E-state index contributed by atoms with van der Waals surface area (Å²) >= 11 is 0. The minimum absolute atomic E-state index is 0.0190. The van der Waals surface area contributed by atoms with Crippen molar-refractivity contribution in [3.8, 4) is 0 Å². The highest BCUT2D eigenvalue weighted by Crippen LogP contribution is 2.23. The Hall–Kier alpha value is -1.49. The molecule has 1 aromatic rings. The highest BCUT2D eigenvalue weighted by atomic mass is 32.2. The van der Waals surface area contributed by atoms with E-state index in [-0.39, 0.29) is 21.7 Å². The third kappa shape index (κ3) is 4.57. The molecule has 1 aromatic carbocycles. The van der Waals surface area contributed by atoms with Gasteiger partial charge in [0.1, 0.15) is 6.04 Å². The molecule has 0 aromatic heterocycles. The van der Waals surface area contributed by atoms with Crippen LogP contribution < -0.4 is 14.8 Å². The third-order valence-electron chi connectivity index (χ3n) is 4.18. The maximum Gasteiger partial charge on any atom is 0.241 e. The molecule has 25 heavy (non-hydrogen) atoms. The van der Waals surface area contributed by atoms with Gasteiger partial charge in [0.25, 0.3) is 0 Å². The summed E-state index contributed by atoms with van der Waals surface area (Å²) in [4.78, 5) is 11.8. The molecule has 0 radical (unpaired) electrons. The van der Waals surface area contributed by atoms with Crippen LogP contribution in [0.5, 0.6) is 0 Å². The summed E-state index contributed by atoms with van der Waals surface area (Å²) in [6, 6.07) is 4.15. The van der Waals surface area contributed by atoms with E-state index in [9.17, 15) is 21.6 Å². The van der Waals surface area contributed by atoms with Gasteiger partial charge in [-0.3, -0.25) is 4.79 Å². The van der Waals surface area contributed by atoms with Crippen LogP contribution in [0.15, 0.2) is 34.1 Å². The van der Waals surface area contributed by atoms with Gasteiger partial charge in [-0.1, -0.05) is 0 Å². The van der Waals surface area contributed by atoms with E-state index >= 15 is 0 Å². The molecule has 3 rings (SSSR count). The van der Waals surface area contributed by atoms with E-state index in [0.29, 0.717) is 13.0 Å². The molecule has 1 saturated heterocycles. The molecule has 3 N–H and O–H groups in total. The van der Waals surface area contributed by atoms with E-state index in [1.54, 1.807) is 0 Å².